The number of hydrogen-bond donors (Lipinski definition) is 1. The number of amides is 1. The molecule has 0 saturated carbocycles. The van der Waals surface area contributed by atoms with Gasteiger partial charge in [-0.05, 0) is 57.7 Å². The van der Waals surface area contributed by atoms with Crippen molar-refractivity contribution in [2.75, 3.05) is 27.2 Å². The van der Waals surface area contributed by atoms with E-state index < -0.39 is 12.1 Å². The number of nitrogens with zero attached hydrogens (tertiary/aromatic N) is 4. The van der Waals surface area contributed by atoms with Crippen LogP contribution in [0.15, 0.2) is 39.5 Å². The molecule has 1 aromatic carbocycles. The van der Waals surface area contributed by atoms with E-state index in [4.69, 9.17) is 4.42 Å². The second-order valence-corrected chi connectivity index (χ2v) is 8.04. The fourth-order valence-electron chi connectivity index (χ4n) is 3.17. The van der Waals surface area contributed by atoms with Gasteiger partial charge in [0.05, 0.1) is 5.69 Å². The van der Waals surface area contributed by atoms with Crippen molar-refractivity contribution in [3.63, 3.8) is 0 Å². The molecule has 0 fully saturated rings. The van der Waals surface area contributed by atoms with Crippen LogP contribution in [0.4, 0.5) is 17.6 Å². The quantitative estimate of drug-likeness (QED) is 0.411. The second kappa shape index (κ2) is 11.2. The average molecular weight is 483 g/mol. The summed E-state index contributed by atoms with van der Waals surface area (Å²) >= 11 is 0. The van der Waals surface area contributed by atoms with Gasteiger partial charge < -0.3 is 19.2 Å². The number of nitrogens with one attached hydrogen (secondary N) is 1. The number of rotatable bonds is 11. The highest BCUT2D eigenvalue weighted by Crippen LogP contribution is 2.27. The minimum atomic E-state index is -4.69. The van der Waals surface area contributed by atoms with E-state index in [1.54, 1.807) is 12.1 Å². The van der Waals surface area contributed by atoms with Crippen molar-refractivity contribution in [3.05, 3.63) is 53.8 Å². The minimum Gasteiger partial charge on any atom is -0.444 e. The molecule has 1 unspecified atom stereocenters. The van der Waals surface area contributed by atoms with Gasteiger partial charge in [0.15, 0.2) is 5.82 Å². The molecule has 3 aromatic rings. The first-order valence-corrected chi connectivity index (χ1v) is 10.6. The first kappa shape index (κ1) is 25.3. The van der Waals surface area contributed by atoms with Crippen LogP contribution in [-0.4, -0.2) is 53.1 Å². The number of aryl methyl sites for hydroxylation is 1. The van der Waals surface area contributed by atoms with Gasteiger partial charge in [0.25, 0.3) is 0 Å². The Hall–Kier alpha value is -3.28. The molecule has 2 heterocycles. The van der Waals surface area contributed by atoms with Gasteiger partial charge in [-0.15, -0.1) is 0 Å². The van der Waals surface area contributed by atoms with Crippen LogP contribution in [0.1, 0.15) is 42.6 Å². The van der Waals surface area contributed by atoms with Gasteiger partial charge in [-0.3, -0.25) is 4.79 Å². The van der Waals surface area contributed by atoms with Crippen LogP contribution in [0.3, 0.4) is 0 Å². The van der Waals surface area contributed by atoms with Crippen LogP contribution < -0.4 is 5.32 Å². The van der Waals surface area contributed by atoms with Crippen LogP contribution >= 0.6 is 0 Å². The summed E-state index contributed by atoms with van der Waals surface area (Å²) in [5.41, 5.74) is 1.30. The molecule has 34 heavy (non-hydrogen) atoms. The number of aromatic nitrogens is 3. The van der Waals surface area contributed by atoms with E-state index in [1.165, 1.54) is 18.4 Å². The maximum atomic E-state index is 13.2. The Balaban J connectivity index is 1.53. The lowest BCUT2D eigenvalue weighted by atomic mass is 10.0. The lowest BCUT2D eigenvalue weighted by Gasteiger charge is -2.18. The molecule has 0 bridgehead atoms. The summed E-state index contributed by atoms with van der Waals surface area (Å²) in [5, 5.41) is 6.13. The highest BCUT2D eigenvalue weighted by Gasteiger charge is 2.38. The van der Waals surface area contributed by atoms with Gasteiger partial charge in [-0.1, -0.05) is 5.16 Å². The van der Waals surface area contributed by atoms with Crippen molar-refractivity contribution in [2.45, 2.75) is 37.8 Å². The van der Waals surface area contributed by atoms with Crippen LogP contribution in [0.2, 0.25) is 0 Å². The Morgan fingerprint density at radius 2 is 1.91 bits per heavy atom. The zero-order valence-electron chi connectivity index (χ0n) is 18.7. The monoisotopic (exact) mass is 483 g/mol. The van der Waals surface area contributed by atoms with E-state index in [0.29, 0.717) is 30.1 Å². The van der Waals surface area contributed by atoms with Gasteiger partial charge in [-0.2, -0.15) is 18.2 Å². The standard InChI is InChI=1S/C22H25F4N5O3/c1-31(2)11-10-15(17-13-33-20(28-17)14-6-8-16(23)9-7-14)12-27-19(32)5-3-4-18-29-21(34-30-18)22(24,25)26/h6-9,13,15H,3-5,10-12H2,1-2H3,(H,27,32). The number of benzene rings is 1. The van der Waals surface area contributed by atoms with Crippen LogP contribution in [0.25, 0.3) is 11.5 Å². The van der Waals surface area contributed by atoms with Gasteiger partial charge in [0, 0.05) is 30.9 Å². The molecule has 0 spiro atoms. The van der Waals surface area contributed by atoms with Gasteiger partial charge in [0.1, 0.15) is 12.1 Å². The SMILES string of the molecule is CN(C)CCC(CNC(=O)CCCc1noc(C(F)(F)F)n1)c1coc(-c2ccc(F)cc2)n1. The number of carbonyl (C=O) groups excluding carboxylic acids is 1. The lowest BCUT2D eigenvalue weighted by Crippen LogP contribution is -2.30. The third-order valence-corrected chi connectivity index (χ3v) is 5.02. The first-order valence-electron chi connectivity index (χ1n) is 10.6. The molecular formula is C22H25F4N5O3. The van der Waals surface area contributed by atoms with Gasteiger partial charge in [0.2, 0.25) is 11.8 Å². The normalized spacial score (nSPS) is 12.8. The summed E-state index contributed by atoms with van der Waals surface area (Å²) in [4.78, 5) is 22.1. The van der Waals surface area contributed by atoms with Gasteiger partial charge >= 0.3 is 12.1 Å². The maximum Gasteiger partial charge on any atom is 0.471 e. The fourth-order valence-corrected chi connectivity index (χ4v) is 3.17. The molecule has 8 nitrogen and oxygen atoms in total. The van der Waals surface area contributed by atoms with E-state index in [-0.39, 0.29) is 42.7 Å². The molecule has 2 aromatic heterocycles. The zero-order chi connectivity index (χ0) is 24.7. The average Bonchev–Trinajstić information content (AvgIpc) is 3.44. The summed E-state index contributed by atoms with van der Waals surface area (Å²) in [6, 6.07) is 5.79. The number of halogens is 4. The summed E-state index contributed by atoms with van der Waals surface area (Å²) in [6.07, 6.45) is -2.02. The fraction of sp³-hybridized carbons (Fsp3) is 0.455. The lowest BCUT2D eigenvalue weighted by molar-refractivity contribution is -0.159. The number of alkyl halides is 3. The molecule has 184 valence electrons. The maximum absolute atomic E-state index is 13.2. The molecule has 1 amide bonds. The van der Waals surface area contributed by atoms with Crippen molar-refractivity contribution >= 4 is 5.91 Å². The minimum absolute atomic E-state index is 0.0847. The van der Waals surface area contributed by atoms with Crippen molar-refractivity contribution < 1.29 is 31.3 Å². The van der Waals surface area contributed by atoms with Gasteiger partial charge in [-0.25, -0.2) is 9.37 Å². The Morgan fingerprint density at radius 3 is 2.56 bits per heavy atom. The summed E-state index contributed by atoms with van der Waals surface area (Å²) in [6.45, 7) is 1.06. The summed E-state index contributed by atoms with van der Waals surface area (Å²) < 4.78 is 60.4. The smallest absolute Gasteiger partial charge is 0.444 e. The van der Waals surface area contributed by atoms with Crippen molar-refractivity contribution in [1.29, 1.82) is 0 Å². The van der Waals surface area contributed by atoms with Crippen molar-refractivity contribution in [1.82, 2.24) is 25.3 Å². The van der Waals surface area contributed by atoms with E-state index in [0.717, 1.165) is 6.54 Å². The predicted molar refractivity (Wildman–Crippen MR) is 113 cm³/mol. The van der Waals surface area contributed by atoms with E-state index in [1.807, 2.05) is 19.0 Å². The predicted octanol–water partition coefficient (Wildman–Crippen LogP) is 4.06. The Kier molecular flexibility index (Phi) is 8.37. The highest BCUT2D eigenvalue weighted by molar-refractivity contribution is 5.75. The number of carbonyl (C=O) groups is 1. The molecule has 0 aliphatic carbocycles. The third-order valence-electron chi connectivity index (χ3n) is 5.02. The summed E-state index contributed by atoms with van der Waals surface area (Å²) in [5.74, 6) is -1.88. The molecule has 0 aliphatic heterocycles. The zero-order valence-corrected chi connectivity index (χ0v) is 18.7. The Morgan fingerprint density at radius 1 is 1.18 bits per heavy atom. The van der Waals surface area contributed by atoms with Crippen LogP contribution in [0.5, 0.6) is 0 Å². The molecule has 1 atom stereocenters. The van der Waals surface area contributed by atoms with Crippen molar-refractivity contribution in [3.8, 4) is 11.5 Å². The molecule has 0 aliphatic rings. The van der Waals surface area contributed by atoms with Crippen LogP contribution in [0, 0.1) is 5.82 Å². The molecule has 12 heteroatoms. The molecule has 0 saturated heterocycles. The third kappa shape index (κ3) is 7.37. The molecule has 0 radical (unpaired) electrons. The van der Waals surface area contributed by atoms with E-state index in [9.17, 15) is 22.4 Å². The number of oxazole rings is 1. The first-order chi connectivity index (χ1) is 16.1. The van der Waals surface area contributed by atoms with Crippen LogP contribution in [-0.2, 0) is 17.4 Å². The molecule has 3 rings (SSSR count). The second-order valence-electron chi connectivity index (χ2n) is 8.04. The molecular weight excluding hydrogens is 458 g/mol. The molecule has 1 N–H and O–H groups in total. The van der Waals surface area contributed by atoms with E-state index in [2.05, 4.69) is 25.0 Å². The number of hydrogen-bond acceptors (Lipinski definition) is 7. The largest absolute Gasteiger partial charge is 0.471 e. The highest BCUT2D eigenvalue weighted by atomic mass is 19.4. The summed E-state index contributed by atoms with van der Waals surface area (Å²) in [7, 11) is 3.87. The topological polar surface area (TPSA) is 97.3 Å². The van der Waals surface area contributed by atoms with Crippen molar-refractivity contribution in [2.24, 2.45) is 0 Å². The van der Waals surface area contributed by atoms with E-state index >= 15 is 0 Å². The Bertz CT molecular complexity index is 1060. The Labute approximate surface area is 193 Å².